The minimum atomic E-state index is -0.589. The monoisotopic (exact) mass is 183 g/mol. The Morgan fingerprint density at radius 3 is 2.23 bits per heavy atom. The van der Waals surface area contributed by atoms with E-state index < -0.39 is 6.09 Å². The Morgan fingerprint density at radius 2 is 1.92 bits per heavy atom. The molecule has 0 unspecified atom stereocenters. The van der Waals surface area contributed by atoms with Crippen molar-refractivity contribution in [2.24, 2.45) is 0 Å². The highest BCUT2D eigenvalue weighted by Gasteiger charge is 2.06. The predicted molar refractivity (Wildman–Crippen MR) is 49.1 cm³/mol. The standard InChI is InChI=1S/C9H13NO3/c1-4-7(6-11)8(5-2)10-9(12)13-3/h4-6H,1-3H3,(H,10,12)/b7-4-,8-5+. The first kappa shape index (κ1) is 11.4. The number of amides is 1. The number of hydrogen-bond donors (Lipinski definition) is 1. The van der Waals surface area contributed by atoms with Gasteiger partial charge < -0.3 is 4.74 Å². The second-order valence-electron chi connectivity index (χ2n) is 2.18. The van der Waals surface area contributed by atoms with E-state index in [-0.39, 0.29) is 0 Å². The third kappa shape index (κ3) is 3.55. The number of hydrogen-bond acceptors (Lipinski definition) is 3. The highest BCUT2D eigenvalue weighted by Crippen LogP contribution is 2.03. The first-order valence-corrected chi connectivity index (χ1v) is 3.82. The summed E-state index contributed by atoms with van der Waals surface area (Å²) in [5.74, 6) is 0. The summed E-state index contributed by atoms with van der Waals surface area (Å²) in [6.45, 7) is 3.43. The fourth-order valence-corrected chi connectivity index (χ4v) is 0.759. The summed E-state index contributed by atoms with van der Waals surface area (Å²) in [7, 11) is 1.26. The van der Waals surface area contributed by atoms with Gasteiger partial charge in [0.15, 0.2) is 6.29 Å². The van der Waals surface area contributed by atoms with E-state index in [1.807, 2.05) is 0 Å². The minimum Gasteiger partial charge on any atom is -0.453 e. The molecule has 0 saturated carbocycles. The van der Waals surface area contributed by atoms with Gasteiger partial charge in [-0.15, -0.1) is 0 Å². The molecule has 4 heteroatoms. The van der Waals surface area contributed by atoms with Gasteiger partial charge in [-0.3, -0.25) is 10.1 Å². The zero-order chi connectivity index (χ0) is 10.3. The zero-order valence-corrected chi connectivity index (χ0v) is 7.96. The number of carbonyl (C=O) groups excluding carboxylic acids is 2. The lowest BCUT2D eigenvalue weighted by molar-refractivity contribution is -0.104. The van der Waals surface area contributed by atoms with Crippen LogP contribution in [0.1, 0.15) is 13.8 Å². The Hall–Kier alpha value is -1.58. The lowest BCUT2D eigenvalue weighted by atomic mass is 10.2. The molecule has 0 aliphatic carbocycles. The number of carbonyl (C=O) groups is 2. The van der Waals surface area contributed by atoms with Gasteiger partial charge in [-0.2, -0.15) is 0 Å². The van der Waals surface area contributed by atoms with E-state index in [0.29, 0.717) is 17.6 Å². The van der Waals surface area contributed by atoms with Crippen LogP contribution in [0.25, 0.3) is 0 Å². The van der Waals surface area contributed by atoms with Crippen molar-refractivity contribution >= 4 is 12.4 Å². The van der Waals surface area contributed by atoms with Gasteiger partial charge in [-0.25, -0.2) is 4.79 Å². The molecule has 0 aromatic rings. The normalized spacial score (nSPS) is 12.2. The van der Waals surface area contributed by atoms with Gasteiger partial charge in [0.05, 0.1) is 7.11 Å². The maximum absolute atomic E-state index is 10.8. The van der Waals surface area contributed by atoms with Crippen LogP contribution >= 0.6 is 0 Å². The van der Waals surface area contributed by atoms with Gasteiger partial charge in [0.2, 0.25) is 0 Å². The molecule has 4 nitrogen and oxygen atoms in total. The van der Waals surface area contributed by atoms with Crippen LogP contribution < -0.4 is 5.32 Å². The molecule has 0 atom stereocenters. The fourth-order valence-electron chi connectivity index (χ4n) is 0.759. The van der Waals surface area contributed by atoms with E-state index in [4.69, 9.17) is 0 Å². The first-order chi connectivity index (χ1) is 6.19. The Balaban J connectivity index is 4.54. The maximum Gasteiger partial charge on any atom is 0.411 e. The van der Waals surface area contributed by atoms with Crippen LogP contribution in [0, 0.1) is 0 Å². The fraction of sp³-hybridized carbons (Fsp3) is 0.333. The Morgan fingerprint density at radius 1 is 1.31 bits per heavy atom. The summed E-state index contributed by atoms with van der Waals surface area (Å²) in [4.78, 5) is 21.3. The van der Waals surface area contributed by atoms with Gasteiger partial charge in [-0.05, 0) is 13.8 Å². The van der Waals surface area contributed by atoms with E-state index in [0.717, 1.165) is 0 Å². The van der Waals surface area contributed by atoms with Crippen molar-refractivity contribution in [3.8, 4) is 0 Å². The number of allylic oxidation sites excluding steroid dienone is 3. The molecule has 0 heterocycles. The van der Waals surface area contributed by atoms with Gasteiger partial charge in [-0.1, -0.05) is 12.2 Å². The van der Waals surface area contributed by atoms with Crippen LogP contribution in [0.15, 0.2) is 23.4 Å². The molecule has 0 aromatic carbocycles. The van der Waals surface area contributed by atoms with Gasteiger partial charge in [0.25, 0.3) is 0 Å². The Labute approximate surface area is 77.3 Å². The SMILES string of the molecule is C/C=C(C=O)\C(=C/C)NC(=O)OC. The van der Waals surface area contributed by atoms with Crippen LogP contribution in [0.5, 0.6) is 0 Å². The predicted octanol–water partition coefficient (Wildman–Crippen LogP) is 1.39. The van der Waals surface area contributed by atoms with E-state index in [2.05, 4.69) is 10.1 Å². The molecular weight excluding hydrogens is 170 g/mol. The summed E-state index contributed by atoms with van der Waals surface area (Å²) in [5, 5.41) is 2.42. The average molecular weight is 183 g/mol. The van der Waals surface area contributed by atoms with Crippen molar-refractivity contribution in [1.29, 1.82) is 0 Å². The van der Waals surface area contributed by atoms with Crippen LogP contribution in [-0.2, 0) is 9.53 Å². The molecule has 0 bridgehead atoms. The molecule has 1 amide bonds. The molecule has 0 fully saturated rings. The van der Waals surface area contributed by atoms with Gasteiger partial charge in [0, 0.05) is 11.3 Å². The van der Waals surface area contributed by atoms with Gasteiger partial charge >= 0.3 is 6.09 Å². The number of aldehydes is 1. The number of alkyl carbamates (subject to hydrolysis) is 1. The zero-order valence-electron chi connectivity index (χ0n) is 7.96. The lowest BCUT2D eigenvalue weighted by Gasteiger charge is -2.06. The van der Waals surface area contributed by atoms with Crippen molar-refractivity contribution in [2.45, 2.75) is 13.8 Å². The molecule has 0 aliphatic rings. The molecule has 13 heavy (non-hydrogen) atoms. The Bertz CT molecular complexity index is 254. The highest BCUT2D eigenvalue weighted by atomic mass is 16.5. The van der Waals surface area contributed by atoms with Crippen molar-refractivity contribution in [2.75, 3.05) is 7.11 Å². The van der Waals surface area contributed by atoms with E-state index in [1.54, 1.807) is 26.0 Å². The molecule has 0 radical (unpaired) electrons. The summed E-state index contributed by atoms with van der Waals surface area (Å²) in [6.07, 6.45) is 3.32. The third-order valence-corrected chi connectivity index (χ3v) is 1.46. The summed E-state index contributed by atoms with van der Waals surface area (Å²) < 4.78 is 4.39. The molecule has 72 valence electrons. The van der Waals surface area contributed by atoms with Crippen LogP contribution in [0.2, 0.25) is 0 Å². The number of ether oxygens (including phenoxy) is 1. The lowest BCUT2D eigenvalue weighted by Crippen LogP contribution is -2.23. The van der Waals surface area contributed by atoms with Crippen molar-refractivity contribution in [3.05, 3.63) is 23.4 Å². The van der Waals surface area contributed by atoms with Crippen LogP contribution in [-0.4, -0.2) is 19.5 Å². The van der Waals surface area contributed by atoms with Crippen LogP contribution in [0.4, 0.5) is 4.79 Å². The molecule has 0 aliphatic heterocycles. The molecule has 0 rings (SSSR count). The maximum atomic E-state index is 10.8. The van der Waals surface area contributed by atoms with E-state index >= 15 is 0 Å². The summed E-state index contributed by atoms with van der Waals surface area (Å²) in [6, 6.07) is 0. The molecule has 0 saturated heterocycles. The van der Waals surface area contributed by atoms with Crippen molar-refractivity contribution in [1.82, 2.24) is 5.32 Å². The Kier molecular flexibility index (Phi) is 5.27. The largest absolute Gasteiger partial charge is 0.453 e. The van der Waals surface area contributed by atoms with Crippen LogP contribution in [0.3, 0.4) is 0 Å². The minimum absolute atomic E-state index is 0.424. The smallest absolute Gasteiger partial charge is 0.411 e. The molecule has 0 aromatic heterocycles. The number of methoxy groups -OCH3 is 1. The highest BCUT2D eigenvalue weighted by molar-refractivity contribution is 5.83. The first-order valence-electron chi connectivity index (χ1n) is 3.82. The van der Waals surface area contributed by atoms with E-state index in [9.17, 15) is 9.59 Å². The summed E-state index contributed by atoms with van der Waals surface area (Å²) >= 11 is 0. The molecule has 1 N–H and O–H groups in total. The molecule has 0 spiro atoms. The van der Waals surface area contributed by atoms with Crippen molar-refractivity contribution < 1.29 is 14.3 Å². The van der Waals surface area contributed by atoms with E-state index in [1.165, 1.54) is 7.11 Å². The number of rotatable bonds is 3. The number of nitrogens with one attached hydrogen (secondary N) is 1. The second kappa shape index (κ2) is 5.99. The second-order valence-corrected chi connectivity index (χ2v) is 2.18. The molecular formula is C9H13NO3. The van der Waals surface area contributed by atoms with Crippen molar-refractivity contribution in [3.63, 3.8) is 0 Å². The quantitative estimate of drug-likeness (QED) is 0.408. The summed E-state index contributed by atoms with van der Waals surface area (Å²) in [5.41, 5.74) is 0.872. The topological polar surface area (TPSA) is 55.4 Å². The van der Waals surface area contributed by atoms with Gasteiger partial charge in [0.1, 0.15) is 0 Å². The third-order valence-electron chi connectivity index (χ3n) is 1.46. The average Bonchev–Trinajstić information content (AvgIpc) is 2.17.